The third-order valence-corrected chi connectivity index (χ3v) is 5.54. The van der Waals surface area contributed by atoms with Crippen LogP contribution in [-0.2, 0) is 9.59 Å². The highest BCUT2D eigenvalue weighted by molar-refractivity contribution is 6.23. The van der Waals surface area contributed by atoms with Gasteiger partial charge in [0.05, 0.1) is 11.3 Å². The van der Waals surface area contributed by atoms with Crippen molar-refractivity contribution in [3.8, 4) is 0 Å². The van der Waals surface area contributed by atoms with Crippen molar-refractivity contribution in [2.45, 2.75) is 84.0 Å². The highest BCUT2D eigenvalue weighted by atomic mass is 16.2. The predicted octanol–water partition coefficient (Wildman–Crippen LogP) is 5.30. The molecule has 1 N–H and O–H groups in total. The third-order valence-electron chi connectivity index (χ3n) is 5.54. The van der Waals surface area contributed by atoms with Crippen LogP contribution in [0.3, 0.4) is 0 Å². The molecule has 1 radical (unpaired) electrons. The Morgan fingerprint density at radius 1 is 0.964 bits per heavy atom. The van der Waals surface area contributed by atoms with Gasteiger partial charge in [-0.05, 0) is 18.6 Å². The molecule has 1 aliphatic heterocycles. The number of carbonyl (C=O) groups is 3. The Labute approximate surface area is 168 Å². The summed E-state index contributed by atoms with van der Waals surface area (Å²) in [5.41, 5.74) is 7.71. The number of unbranched alkanes of at least 4 members (excludes halogenated alkanes) is 9. The summed E-state index contributed by atoms with van der Waals surface area (Å²) in [5, 5.41) is 0. The van der Waals surface area contributed by atoms with Crippen LogP contribution in [0.1, 0.15) is 94.3 Å². The number of nitrogens with zero attached hydrogens (tertiary/aromatic N) is 1. The number of anilines is 1. The fraction of sp³-hybridized carbons (Fsp3) is 0.609. The van der Waals surface area contributed by atoms with Gasteiger partial charge in [-0.15, -0.1) is 0 Å². The molecular formula is C23H33N2O3. The first-order valence-corrected chi connectivity index (χ1v) is 10.8. The average Bonchev–Trinajstić information content (AvgIpc) is 2.96. The van der Waals surface area contributed by atoms with E-state index in [0.717, 1.165) is 17.7 Å². The lowest BCUT2D eigenvalue weighted by atomic mass is 9.98. The van der Waals surface area contributed by atoms with Gasteiger partial charge in [0, 0.05) is 12.3 Å². The number of rotatable bonds is 13. The lowest BCUT2D eigenvalue weighted by Crippen LogP contribution is -2.32. The molecule has 3 amide bonds. The Morgan fingerprint density at radius 2 is 1.54 bits per heavy atom. The summed E-state index contributed by atoms with van der Waals surface area (Å²) in [6, 6.07) is 6.37. The van der Waals surface area contributed by atoms with E-state index in [1.165, 1.54) is 57.4 Å². The summed E-state index contributed by atoms with van der Waals surface area (Å²) in [6.45, 7) is 2.23. The molecule has 0 spiro atoms. The minimum atomic E-state index is -0.880. The summed E-state index contributed by atoms with van der Waals surface area (Å²) in [4.78, 5) is 37.7. The van der Waals surface area contributed by atoms with E-state index < -0.39 is 5.91 Å². The summed E-state index contributed by atoms with van der Waals surface area (Å²) in [5.74, 6) is -1.67. The van der Waals surface area contributed by atoms with Crippen LogP contribution >= 0.6 is 0 Å². The second kappa shape index (κ2) is 11.6. The van der Waals surface area contributed by atoms with Gasteiger partial charge in [-0.3, -0.25) is 20.1 Å². The molecule has 2 rings (SSSR count). The molecule has 0 aliphatic carbocycles. The van der Waals surface area contributed by atoms with Gasteiger partial charge in [-0.25, -0.2) is 4.90 Å². The quantitative estimate of drug-likeness (QED) is 0.341. The van der Waals surface area contributed by atoms with E-state index in [1.807, 2.05) is 0 Å². The summed E-state index contributed by atoms with van der Waals surface area (Å²) in [6.07, 6.45) is 13.3. The van der Waals surface area contributed by atoms with Crippen LogP contribution in [-0.4, -0.2) is 17.7 Å². The van der Waals surface area contributed by atoms with Gasteiger partial charge in [0.1, 0.15) is 0 Å². The molecule has 1 unspecified atom stereocenters. The van der Waals surface area contributed by atoms with E-state index in [0.29, 0.717) is 6.42 Å². The first kappa shape index (κ1) is 22.1. The van der Waals surface area contributed by atoms with Crippen LogP contribution in [0.5, 0.6) is 0 Å². The van der Waals surface area contributed by atoms with E-state index in [1.54, 1.807) is 18.2 Å². The number of benzene rings is 1. The molecule has 0 bridgehead atoms. The number of carbonyl (C=O) groups excluding carboxylic acids is 3. The van der Waals surface area contributed by atoms with Gasteiger partial charge < -0.3 is 0 Å². The Balaban J connectivity index is 1.73. The van der Waals surface area contributed by atoms with Crippen molar-refractivity contribution in [3.05, 3.63) is 29.8 Å². The van der Waals surface area contributed by atoms with E-state index in [9.17, 15) is 14.4 Å². The molecule has 1 saturated heterocycles. The van der Waals surface area contributed by atoms with Crippen molar-refractivity contribution in [3.63, 3.8) is 0 Å². The molecule has 1 fully saturated rings. The monoisotopic (exact) mass is 385 g/mol. The van der Waals surface area contributed by atoms with Gasteiger partial charge in [0.2, 0.25) is 11.8 Å². The maximum atomic E-state index is 12.7. The number of imide groups is 1. The Bertz CT molecular complexity index is 672. The fourth-order valence-electron chi connectivity index (χ4n) is 3.91. The van der Waals surface area contributed by atoms with Gasteiger partial charge in [0.15, 0.2) is 0 Å². The first-order valence-electron chi connectivity index (χ1n) is 10.8. The average molecular weight is 386 g/mol. The zero-order chi connectivity index (χ0) is 20.4. The molecule has 0 aromatic heterocycles. The zero-order valence-corrected chi connectivity index (χ0v) is 17.0. The SMILES string of the molecule is CCCCCCCCCCCCC1CC(=O)N(c2ccccc2C([NH])=O)C1=O. The molecule has 28 heavy (non-hydrogen) atoms. The minimum absolute atomic E-state index is 0.101. The standard InChI is InChI=1S/C23H33N2O3/c1-2-3-4-5-6-7-8-9-10-11-14-18-17-21(26)25(23(18)28)20-16-13-12-15-19(20)22(24)27/h12-13,15-16,18,24H,2-11,14,17H2,1H3. The van der Waals surface area contributed by atoms with Gasteiger partial charge in [-0.2, -0.15) is 0 Å². The summed E-state index contributed by atoms with van der Waals surface area (Å²) >= 11 is 0. The second-order valence-corrected chi connectivity index (χ2v) is 7.79. The van der Waals surface area contributed by atoms with Crippen LogP contribution < -0.4 is 10.6 Å². The maximum absolute atomic E-state index is 12.7. The van der Waals surface area contributed by atoms with Gasteiger partial charge >= 0.3 is 0 Å². The highest BCUT2D eigenvalue weighted by Gasteiger charge is 2.40. The van der Waals surface area contributed by atoms with E-state index in [2.05, 4.69) is 6.92 Å². The molecule has 5 nitrogen and oxygen atoms in total. The van der Waals surface area contributed by atoms with Crippen molar-refractivity contribution in [1.29, 1.82) is 0 Å². The van der Waals surface area contributed by atoms with E-state index >= 15 is 0 Å². The van der Waals surface area contributed by atoms with Crippen LogP contribution in [0.15, 0.2) is 24.3 Å². The minimum Gasteiger partial charge on any atom is -0.274 e. The van der Waals surface area contributed by atoms with Crippen LogP contribution in [0.25, 0.3) is 0 Å². The molecule has 1 heterocycles. The first-order chi connectivity index (χ1) is 13.6. The normalized spacial score (nSPS) is 16.8. The lowest BCUT2D eigenvalue weighted by Gasteiger charge is -2.17. The molecule has 1 aromatic rings. The lowest BCUT2D eigenvalue weighted by molar-refractivity contribution is -0.122. The maximum Gasteiger partial charge on any atom is 0.271 e. The number of para-hydroxylation sites is 1. The van der Waals surface area contributed by atoms with Crippen molar-refractivity contribution < 1.29 is 14.4 Å². The second-order valence-electron chi connectivity index (χ2n) is 7.79. The number of hydrogen-bond acceptors (Lipinski definition) is 3. The van der Waals surface area contributed by atoms with E-state index in [-0.39, 0.29) is 35.4 Å². The molecule has 0 saturated carbocycles. The summed E-state index contributed by atoms with van der Waals surface area (Å²) in [7, 11) is 0. The predicted molar refractivity (Wildman–Crippen MR) is 111 cm³/mol. The zero-order valence-electron chi connectivity index (χ0n) is 17.0. The van der Waals surface area contributed by atoms with Crippen molar-refractivity contribution >= 4 is 23.4 Å². The largest absolute Gasteiger partial charge is 0.274 e. The highest BCUT2D eigenvalue weighted by Crippen LogP contribution is 2.31. The molecule has 153 valence electrons. The smallest absolute Gasteiger partial charge is 0.271 e. The van der Waals surface area contributed by atoms with Crippen LogP contribution in [0.2, 0.25) is 0 Å². The van der Waals surface area contributed by atoms with Gasteiger partial charge in [0.25, 0.3) is 5.91 Å². The van der Waals surface area contributed by atoms with Crippen molar-refractivity contribution in [1.82, 2.24) is 5.73 Å². The van der Waals surface area contributed by atoms with Crippen LogP contribution in [0.4, 0.5) is 5.69 Å². The molecule has 5 heteroatoms. The van der Waals surface area contributed by atoms with Crippen molar-refractivity contribution in [2.75, 3.05) is 4.90 Å². The topological polar surface area (TPSA) is 78.2 Å². The molecule has 1 aromatic carbocycles. The Hall–Kier alpha value is -2.17. The Morgan fingerprint density at radius 3 is 2.14 bits per heavy atom. The fourth-order valence-corrected chi connectivity index (χ4v) is 3.91. The summed E-state index contributed by atoms with van der Waals surface area (Å²) < 4.78 is 0. The number of hydrogen-bond donors (Lipinski definition) is 0. The van der Waals surface area contributed by atoms with E-state index in [4.69, 9.17) is 5.73 Å². The number of amides is 3. The van der Waals surface area contributed by atoms with Gasteiger partial charge in [-0.1, -0.05) is 83.3 Å². The van der Waals surface area contributed by atoms with Crippen molar-refractivity contribution in [2.24, 2.45) is 5.92 Å². The molecular weight excluding hydrogens is 352 g/mol. The molecule has 1 aliphatic rings. The third kappa shape index (κ3) is 6.18. The van der Waals surface area contributed by atoms with Crippen LogP contribution in [0, 0.1) is 5.92 Å². The number of nitrogens with one attached hydrogen (secondary N) is 1. The Kier molecular flexibility index (Phi) is 9.18. The molecule has 1 atom stereocenters.